The quantitative estimate of drug-likeness (QED) is 0.837. The maximum absolute atomic E-state index is 11.9. The summed E-state index contributed by atoms with van der Waals surface area (Å²) in [7, 11) is 0. The van der Waals surface area contributed by atoms with E-state index in [2.05, 4.69) is 11.4 Å². The van der Waals surface area contributed by atoms with Crippen LogP contribution in [0.25, 0.3) is 0 Å². The van der Waals surface area contributed by atoms with E-state index < -0.39 is 0 Å². The lowest BCUT2D eigenvalue weighted by molar-refractivity contribution is -0.121. The third-order valence-electron chi connectivity index (χ3n) is 4.22. The van der Waals surface area contributed by atoms with Crippen LogP contribution in [-0.2, 0) is 17.9 Å². The van der Waals surface area contributed by atoms with Gasteiger partial charge in [-0.2, -0.15) is 0 Å². The summed E-state index contributed by atoms with van der Waals surface area (Å²) in [6, 6.07) is 8.09. The first kappa shape index (κ1) is 15.0. The van der Waals surface area contributed by atoms with Gasteiger partial charge in [0, 0.05) is 19.5 Å². The van der Waals surface area contributed by atoms with Crippen molar-refractivity contribution in [2.24, 2.45) is 11.7 Å². The van der Waals surface area contributed by atoms with Crippen LogP contribution in [0, 0.1) is 5.92 Å². The number of nitrogens with two attached hydrogens (primary N) is 1. The summed E-state index contributed by atoms with van der Waals surface area (Å²) in [6.07, 6.45) is 8.41. The van der Waals surface area contributed by atoms with Crippen molar-refractivity contribution in [2.75, 3.05) is 0 Å². The molecule has 0 bridgehead atoms. The van der Waals surface area contributed by atoms with Crippen LogP contribution >= 0.6 is 0 Å². The SMILES string of the molecule is NCc1cccc(CNC(=O)CCC2CCCCC2)c1. The maximum atomic E-state index is 11.9. The minimum Gasteiger partial charge on any atom is -0.352 e. The summed E-state index contributed by atoms with van der Waals surface area (Å²) >= 11 is 0. The maximum Gasteiger partial charge on any atom is 0.220 e. The van der Waals surface area contributed by atoms with Crippen molar-refractivity contribution in [2.45, 2.75) is 58.0 Å². The van der Waals surface area contributed by atoms with Crippen LogP contribution < -0.4 is 11.1 Å². The van der Waals surface area contributed by atoms with Crippen molar-refractivity contribution in [3.05, 3.63) is 35.4 Å². The lowest BCUT2D eigenvalue weighted by atomic mass is 9.86. The minimum absolute atomic E-state index is 0.175. The monoisotopic (exact) mass is 274 g/mol. The molecule has 1 aromatic carbocycles. The zero-order valence-electron chi connectivity index (χ0n) is 12.2. The van der Waals surface area contributed by atoms with Gasteiger partial charge in [0.05, 0.1) is 0 Å². The van der Waals surface area contributed by atoms with E-state index in [1.807, 2.05) is 18.2 Å². The van der Waals surface area contributed by atoms with Gasteiger partial charge in [-0.3, -0.25) is 4.79 Å². The van der Waals surface area contributed by atoms with E-state index in [1.165, 1.54) is 32.1 Å². The van der Waals surface area contributed by atoms with Crippen LogP contribution in [0.4, 0.5) is 0 Å². The van der Waals surface area contributed by atoms with Gasteiger partial charge in [0.2, 0.25) is 5.91 Å². The van der Waals surface area contributed by atoms with Crippen molar-refractivity contribution >= 4 is 5.91 Å². The molecule has 0 saturated heterocycles. The van der Waals surface area contributed by atoms with Gasteiger partial charge in [-0.1, -0.05) is 56.4 Å². The van der Waals surface area contributed by atoms with Crippen molar-refractivity contribution in [3.63, 3.8) is 0 Å². The highest BCUT2D eigenvalue weighted by atomic mass is 16.1. The average Bonchev–Trinajstić information content (AvgIpc) is 2.52. The second-order valence-electron chi connectivity index (χ2n) is 5.84. The Bertz CT molecular complexity index is 425. The second-order valence-corrected chi connectivity index (χ2v) is 5.84. The van der Waals surface area contributed by atoms with Gasteiger partial charge in [-0.25, -0.2) is 0 Å². The van der Waals surface area contributed by atoms with Crippen LogP contribution in [0.1, 0.15) is 56.1 Å². The molecule has 0 spiro atoms. The Labute approximate surface area is 121 Å². The van der Waals surface area contributed by atoms with Gasteiger partial charge in [0.25, 0.3) is 0 Å². The van der Waals surface area contributed by atoms with E-state index >= 15 is 0 Å². The summed E-state index contributed by atoms with van der Waals surface area (Å²) in [5, 5.41) is 3.01. The third-order valence-corrected chi connectivity index (χ3v) is 4.22. The largest absolute Gasteiger partial charge is 0.352 e. The van der Waals surface area contributed by atoms with Gasteiger partial charge < -0.3 is 11.1 Å². The van der Waals surface area contributed by atoms with Crippen LogP contribution in [-0.4, -0.2) is 5.91 Å². The van der Waals surface area contributed by atoms with E-state index in [1.54, 1.807) is 0 Å². The highest BCUT2D eigenvalue weighted by Gasteiger charge is 2.14. The molecule has 1 amide bonds. The van der Waals surface area contributed by atoms with Gasteiger partial charge in [0.1, 0.15) is 0 Å². The molecule has 1 aromatic rings. The van der Waals surface area contributed by atoms with Crippen molar-refractivity contribution in [1.82, 2.24) is 5.32 Å². The Morgan fingerprint density at radius 1 is 1.20 bits per heavy atom. The predicted octanol–water partition coefficient (Wildman–Crippen LogP) is 3.12. The highest BCUT2D eigenvalue weighted by molar-refractivity contribution is 5.75. The number of benzene rings is 1. The molecule has 0 radical (unpaired) electrons. The Balaban J connectivity index is 1.68. The fourth-order valence-corrected chi connectivity index (χ4v) is 2.97. The average molecular weight is 274 g/mol. The fraction of sp³-hybridized carbons (Fsp3) is 0.588. The van der Waals surface area contributed by atoms with Gasteiger partial charge in [-0.15, -0.1) is 0 Å². The van der Waals surface area contributed by atoms with Crippen LogP contribution in [0.2, 0.25) is 0 Å². The van der Waals surface area contributed by atoms with Crippen LogP contribution in [0.3, 0.4) is 0 Å². The smallest absolute Gasteiger partial charge is 0.220 e. The van der Waals surface area contributed by atoms with Crippen LogP contribution in [0.15, 0.2) is 24.3 Å². The molecule has 1 fully saturated rings. The Morgan fingerprint density at radius 2 is 1.95 bits per heavy atom. The zero-order valence-corrected chi connectivity index (χ0v) is 12.2. The van der Waals surface area contributed by atoms with Crippen LogP contribution in [0.5, 0.6) is 0 Å². The lowest BCUT2D eigenvalue weighted by Crippen LogP contribution is -2.23. The molecule has 1 aliphatic carbocycles. The molecule has 0 unspecified atom stereocenters. The standard InChI is InChI=1S/C17H26N2O/c18-12-15-7-4-8-16(11-15)13-19-17(20)10-9-14-5-2-1-3-6-14/h4,7-8,11,14H,1-3,5-6,9-10,12-13,18H2,(H,19,20). The molecule has 0 heterocycles. The van der Waals surface area contributed by atoms with E-state index in [-0.39, 0.29) is 5.91 Å². The Hall–Kier alpha value is -1.35. The number of hydrogen-bond acceptors (Lipinski definition) is 2. The van der Waals surface area contributed by atoms with Crippen molar-refractivity contribution < 1.29 is 4.79 Å². The molecule has 3 nitrogen and oxygen atoms in total. The zero-order chi connectivity index (χ0) is 14.2. The fourth-order valence-electron chi connectivity index (χ4n) is 2.97. The van der Waals surface area contributed by atoms with E-state index in [4.69, 9.17) is 5.73 Å². The number of carbonyl (C=O) groups excluding carboxylic acids is 1. The molecular formula is C17H26N2O. The molecule has 20 heavy (non-hydrogen) atoms. The highest BCUT2D eigenvalue weighted by Crippen LogP contribution is 2.27. The topological polar surface area (TPSA) is 55.1 Å². The van der Waals surface area contributed by atoms with E-state index in [9.17, 15) is 4.79 Å². The number of amides is 1. The summed E-state index contributed by atoms with van der Waals surface area (Å²) in [5.74, 6) is 0.948. The van der Waals surface area contributed by atoms with E-state index in [0.29, 0.717) is 19.5 Å². The number of carbonyl (C=O) groups is 1. The number of nitrogens with one attached hydrogen (secondary N) is 1. The first-order chi connectivity index (χ1) is 9.78. The lowest BCUT2D eigenvalue weighted by Gasteiger charge is -2.21. The van der Waals surface area contributed by atoms with Crippen molar-refractivity contribution in [1.29, 1.82) is 0 Å². The number of hydrogen-bond donors (Lipinski definition) is 2. The molecule has 3 N–H and O–H groups in total. The Kier molecular flexibility index (Phi) is 6.06. The molecule has 1 saturated carbocycles. The molecular weight excluding hydrogens is 248 g/mol. The van der Waals surface area contributed by atoms with Gasteiger partial charge in [0.15, 0.2) is 0 Å². The summed E-state index contributed by atoms with van der Waals surface area (Å²) in [4.78, 5) is 11.9. The number of rotatable bonds is 6. The summed E-state index contributed by atoms with van der Waals surface area (Å²) in [5.41, 5.74) is 7.85. The molecule has 0 aromatic heterocycles. The first-order valence-electron chi connectivity index (χ1n) is 7.82. The molecule has 110 valence electrons. The van der Waals surface area contributed by atoms with Gasteiger partial charge in [-0.05, 0) is 23.5 Å². The molecule has 3 heteroatoms. The van der Waals surface area contributed by atoms with Crippen molar-refractivity contribution in [3.8, 4) is 0 Å². The first-order valence-corrected chi connectivity index (χ1v) is 7.82. The predicted molar refractivity (Wildman–Crippen MR) is 82.0 cm³/mol. The molecule has 1 aliphatic rings. The second kappa shape index (κ2) is 8.05. The van der Waals surface area contributed by atoms with Gasteiger partial charge >= 0.3 is 0 Å². The summed E-state index contributed by atoms with van der Waals surface area (Å²) in [6.45, 7) is 1.15. The molecule has 2 rings (SSSR count). The molecule has 0 atom stereocenters. The molecule has 0 aliphatic heterocycles. The summed E-state index contributed by atoms with van der Waals surface area (Å²) < 4.78 is 0. The van der Waals surface area contributed by atoms with E-state index in [0.717, 1.165) is 23.5 Å². The Morgan fingerprint density at radius 3 is 2.70 bits per heavy atom. The minimum atomic E-state index is 0.175. The third kappa shape index (κ3) is 4.97. The normalized spacial score (nSPS) is 16.1.